The highest BCUT2D eigenvalue weighted by atomic mass is 35.5. The summed E-state index contributed by atoms with van der Waals surface area (Å²) >= 11 is 0. The van der Waals surface area contributed by atoms with Crippen LogP contribution in [0.15, 0.2) is 60.7 Å². The second-order valence-electron chi connectivity index (χ2n) is 7.39. The zero-order valence-corrected chi connectivity index (χ0v) is 19.4. The van der Waals surface area contributed by atoms with Crippen LogP contribution in [-0.2, 0) is 23.6 Å². The van der Waals surface area contributed by atoms with Gasteiger partial charge in [0.2, 0.25) is 0 Å². The van der Waals surface area contributed by atoms with Crippen LogP contribution in [0.3, 0.4) is 0 Å². The quantitative estimate of drug-likeness (QED) is 0.558. The number of tetrazole rings is 1. The maximum Gasteiger partial charge on any atom is 0.160 e. The molecule has 1 aliphatic rings. The zero-order chi connectivity index (χ0) is 20.1. The van der Waals surface area contributed by atoms with Crippen LogP contribution in [-0.4, -0.2) is 39.9 Å². The fraction of sp³-hybridized carbons (Fsp3) is 0.409. The summed E-state index contributed by atoms with van der Waals surface area (Å²) in [6.07, 6.45) is 0.864. The van der Waals surface area contributed by atoms with Crippen molar-refractivity contribution < 1.29 is 4.74 Å². The van der Waals surface area contributed by atoms with Crippen molar-refractivity contribution in [3.05, 3.63) is 77.6 Å². The van der Waals surface area contributed by atoms with E-state index in [1.54, 1.807) is 7.11 Å². The van der Waals surface area contributed by atoms with Crippen molar-refractivity contribution in [2.75, 3.05) is 13.7 Å². The maximum absolute atomic E-state index is 6.16. The summed E-state index contributed by atoms with van der Waals surface area (Å²) < 4.78 is 8.03. The highest BCUT2D eigenvalue weighted by Gasteiger charge is 2.46. The van der Waals surface area contributed by atoms with E-state index < -0.39 is 5.72 Å². The van der Waals surface area contributed by atoms with Gasteiger partial charge in [-0.25, -0.2) is 4.68 Å². The molecule has 1 unspecified atom stereocenters. The molecule has 1 saturated heterocycles. The molecule has 0 aliphatic carbocycles. The number of rotatable bonds is 7. The van der Waals surface area contributed by atoms with Gasteiger partial charge in [-0.15, -0.1) is 29.9 Å². The van der Waals surface area contributed by atoms with Crippen LogP contribution in [0.4, 0.5) is 0 Å². The van der Waals surface area contributed by atoms with Gasteiger partial charge in [0, 0.05) is 38.2 Å². The highest BCUT2D eigenvalue weighted by molar-refractivity contribution is 5.85. The van der Waals surface area contributed by atoms with Crippen molar-refractivity contribution in [3.8, 4) is 0 Å². The van der Waals surface area contributed by atoms with Gasteiger partial charge in [0.15, 0.2) is 11.5 Å². The van der Waals surface area contributed by atoms with E-state index in [9.17, 15) is 0 Å². The van der Waals surface area contributed by atoms with Crippen molar-refractivity contribution in [1.29, 1.82) is 0 Å². The number of hydrogen-bond donors (Lipinski definition) is 2. The Hall–Kier alpha value is -2.03. The molecule has 0 saturated carbocycles. The molecule has 1 aliphatic heterocycles. The van der Waals surface area contributed by atoms with Crippen molar-refractivity contribution in [2.45, 2.75) is 44.1 Å². The first-order chi connectivity index (χ1) is 14.3. The minimum Gasteiger partial charge on any atom is -0.358 e. The fourth-order valence-electron chi connectivity index (χ4n) is 4.24. The predicted octanol–water partition coefficient (Wildman–Crippen LogP) is 3.27. The van der Waals surface area contributed by atoms with Gasteiger partial charge in [-0.1, -0.05) is 60.7 Å². The molecular weight excluding hydrogens is 435 g/mol. The molecule has 2 N–H and O–H groups in total. The Morgan fingerprint density at radius 2 is 1.77 bits per heavy atom. The third kappa shape index (κ3) is 5.25. The number of nitrogens with one attached hydrogen (secondary N) is 2. The summed E-state index contributed by atoms with van der Waals surface area (Å²) in [5.74, 6) is 1.12. The van der Waals surface area contributed by atoms with E-state index >= 15 is 0 Å². The average Bonchev–Trinajstić information content (AvgIpc) is 3.28. The smallest absolute Gasteiger partial charge is 0.160 e. The van der Waals surface area contributed by atoms with Crippen LogP contribution in [0.5, 0.6) is 0 Å². The van der Waals surface area contributed by atoms with E-state index in [0.29, 0.717) is 0 Å². The van der Waals surface area contributed by atoms with Gasteiger partial charge in [-0.2, -0.15) is 0 Å². The lowest BCUT2D eigenvalue weighted by Gasteiger charge is -2.46. The Kier molecular flexibility index (Phi) is 9.40. The van der Waals surface area contributed by atoms with Gasteiger partial charge in [-0.05, 0) is 29.3 Å². The van der Waals surface area contributed by atoms with Gasteiger partial charge < -0.3 is 10.1 Å². The Morgan fingerprint density at radius 1 is 1.10 bits per heavy atom. The van der Waals surface area contributed by atoms with Gasteiger partial charge in [0.25, 0.3) is 0 Å². The fourth-order valence-corrected chi connectivity index (χ4v) is 4.24. The summed E-state index contributed by atoms with van der Waals surface area (Å²) in [5.41, 5.74) is 1.74. The lowest BCUT2D eigenvalue weighted by atomic mass is 9.82. The summed E-state index contributed by atoms with van der Waals surface area (Å²) in [6.45, 7) is 4.32. The standard InChI is InChI=1S/C22H28N6O.2ClH/c1-3-28-21(25-26-27-28)18-14-20(23-15-17-10-6-4-7-11-17)22(29-2,24-16-18)19-12-8-5-9-13-19;;/h4-13,18,20,23-24H,3,14-16H2,1-2H3;2*1H/t18?,20-,22-;;/m0../s1. The molecular formula is C22H30Cl2N6O. The Labute approximate surface area is 195 Å². The number of aryl methyl sites for hydroxylation is 1. The summed E-state index contributed by atoms with van der Waals surface area (Å²) in [7, 11) is 1.77. The van der Waals surface area contributed by atoms with E-state index in [2.05, 4.69) is 81.6 Å². The molecule has 1 aromatic heterocycles. The first-order valence-electron chi connectivity index (χ1n) is 10.2. The second kappa shape index (κ2) is 11.5. The number of benzene rings is 2. The van der Waals surface area contributed by atoms with Crippen molar-refractivity contribution >= 4 is 24.8 Å². The van der Waals surface area contributed by atoms with E-state index in [-0.39, 0.29) is 36.8 Å². The molecule has 0 spiro atoms. The van der Waals surface area contributed by atoms with Gasteiger partial charge in [0.1, 0.15) is 0 Å². The zero-order valence-electron chi connectivity index (χ0n) is 17.8. The molecule has 3 atom stereocenters. The topological polar surface area (TPSA) is 76.9 Å². The van der Waals surface area contributed by atoms with Crippen LogP contribution < -0.4 is 10.6 Å². The first-order valence-corrected chi connectivity index (χ1v) is 10.2. The lowest BCUT2D eigenvalue weighted by Crippen LogP contribution is -2.63. The number of methoxy groups -OCH3 is 1. The van der Waals surface area contributed by atoms with E-state index in [0.717, 1.165) is 37.4 Å². The minimum atomic E-state index is -0.614. The third-order valence-corrected chi connectivity index (χ3v) is 5.77. The van der Waals surface area contributed by atoms with Crippen molar-refractivity contribution in [1.82, 2.24) is 30.8 Å². The highest BCUT2D eigenvalue weighted by Crippen LogP contribution is 2.36. The number of ether oxygens (including phenoxy) is 1. The largest absolute Gasteiger partial charge is 0.358 e. The van der Waals surface area contributed by atoms with Crippen molar-refractivity contribution in [3.63, 3.8) is 0 Å². The second-order valence-corrected chi connectivity index (χ2v) is 7.39. The van der Waals surface area contributed by atoms with Crippen molar-refractivity contribution in [2.24, 2.45) is 0 Å². The molecule has 7 nitrogen and oxygen atoms in total. The predicted molar refractivity (Wildman–Crippen MR) is 126 cm³/mol. The van der Waals surface area contributed by atoms with Gasteiger partial charge in [0.05, 0.1) is 6.04 Å². The van der Waals surface area contributed by atoms with E-state index in [1.807, 2.05) is 16.8 Å². The van der Waals surface area contributed by atoms with Crippen LogP contribution in [0.25, 0.3) is 0 Å². The minimum absolute atomic E-state index is 0. The summed E-state index contributed by atoms with van der Waals surface area (Å²) in [5, 5.41) is 19.7. The Morgan fingerprint density at radius 3 is 2.42 bits per heavy atom. The molecule has 0 amide bonds. The number of piperidine rings is 1. The molecule has 4 rings (SSSR count). The normalized spacial score (nSPS) is 22.9. The maximum atomic E-state index is 6.16. The Bertz CT molecular complexity index is 911. The van der Waals surface area contributed by atoms with Gasteiger partial charge in [-0.3, -0.25) is 5.32 Å². The third-order valence-electron chi connectivity index (χ3n) is 5.77. The number of nitrogens with zero attached hydrogens (tertiary/aromatic N) is 4. The van der Waals surface area contributed by atoms with Gasteiger partial charge >= 0.3 is 0 Å². The molecule has 2 heterocycles. The number of aromatic nitrogens is 4. The monoisotopic (exact) mass is 464 g/mol. The molecule has 2 aromatic carbocycles. The molecule has 9 heteroatoms. The molecule has 1 fully saturated rings. The number of hydrogen-bond acceptors (Lipinski definition) is 6. The molecule has 0 bridgehead atoms. The van der Waals surface area contributed by atoms with Crippen LogP contribution in [0, 0.1) is 0 Å². The Balaban J connectivity index is 0.00000171. The molecule has 31 heavy (non-hydrogen) atoms. The molecule has 3 aromatic rings. The molecule has 0 radical (unpaired) electrons. The summed E-state index contributed by atoms with van der Waals surface area (Å²) in [6, 6.07) is 20.8. The first kappa shape index (κ1) is 25.2. The van der Waals surface area contributed by atoms with E-state index in [1.165, 1.54) is 5.56 Å². The summed E-state index contributed by atoms with van der Waals surface area (Å²) in [4.78, 5) is 0. The van der Waals surface area contributed by atoms with Crippen LogP contribution in [0.1, 0.15) is 36.2 Å². The molecule has 168 valence electrons. The number of halogens is 2. The van der Waals surface area contributed by atoms with Crippen LogP contribution in [0.2, 0.25) is 0 Å². The van der Waals surface area contributed by atoms with Crippen LogP contribution >= 0.6 is 24.8 Å². The SMILES string of the molecule is CCn1nnnc1C1CN[C@](OC)(c2ccccc2)[C@@H](NCc2ccccc2)C1.Cl.Cl. The average molecular weight is 465 g/mol. The van der Waals surface area contributed by atoms with E-state index in [4.69, 9.17) is 4.74 Å². The lowest BCUT2D eigenvalue weighted by molar-refractivity contribution is -0.0942.